The minimum Gasteiger partial charge on any atom is -0.489 e. The van der Waals surface area contributed by atoms with Crippen LogP contribution < -0.4 is 15.4 Å². The minimum atomic E-state index is -0.293. The molecule has 5 nitrogen and oxygen atoms in total. The number of nitrogens with one attached hydrogen (secondary N) is 2. The Hall–Kier alpha value is -3.67. The summed E-state index contributed by atoms with van der Waals surface area (Å²) in [7, 11) is 0. The number of benzene rings is 3. The van der Waals surface area contributed by atoms with Gasteiger partial charge in [-0.15, -0.1) is 0 Å². The average molecular weight is 378 g/mol. The van der Waals surface area contributed by atoms with E-state index in [0.29, 0.717) is 29.3 Å². The normalized spacial score (nSPS) is 10.2. The van der Waals surface area contributed by atoms with Crippen LogP contribution in [-0.2, 0) is 11.4 Å². The topological polar surface area (TPSA) is 67.4 Å². The maximum Gasteiger partial charge on any atom is 0.255 e. The molecule has 2 amide bonds. The van der Waals surface area contributed by atoms with Gasteiger partial charge in [-0.3, -0.25) is 9.59 Å². The molecule has 3 aromatic carbocycles. The minimum absolute atomic E-state index is 0.172. The number of anilines is 2. The maximum absolute atomic E-state index is 12.9. The third-order valence-corrected chi connectivity index (χ3v) is 3.88. The number of amides is 2. The molecule has 3 aromatic rings. The van der Waals surface area contributed by atoms with Crippen LogP contribution in [0.1, 0.15) is 22.8 Å². The van der Waals surface area contributed by atoms with Gasteiger partial charge < -0.3 is 15.4 Å². The summed E-state index contributed by atoms with van der Waals surface area (Å²) in [6.07, 6.45) is 0. The Balaban J connectivity index is 1.61. The van der Waals surface area contributed by atoms with E-state index in [9.17, 15) is 14.0 Å². The molecule has 0 atom stereocenters. The van der Waals surface area contributed by atoms with Crippen molar-refractivity contribution in [2.45, 2.75) is 13.5 Å². The highest BCUT2D eigenvalue weighted by atomic mass is 19.1. The fourth-order valence-corrected chi connectivity index (χ4v) is 2.52. The van der Waals surface area contributed by atoms with E-state index in [1.54, 1.807) is 60.7 Å². The van der Waals surface area contributed by atoms with E-state index in [0.717, 1.165) is 5.56 Å². The summed E-state index contributed by atoms with van der Waals surface area (Å²) in [5.74, 6) is -0.151. The van der Waals surface area contributed by atoms with Crippen molar-refractivity contribution in [3.8, 4) is 5.75 Å². The largest absolute Gasteiger partial charge is 0.489 e. The molecule has 0 fully saturated rings. The van der Waals surface area contributed by atoms with Gasteiger partial charge in [-0.25, -0.2) is 4.39 Å². The van der Waals surface area contributed by atoms with Gasteiger partial charge in [0.05, 0.1) is 0 Å². The summed E-state index contributed by atoms with van der Waals surface area (Å²) in [6.45, 7) is 1.72. The number of ether oxygens (including phenoxy) is 1. The van der Waals surface area contributed by atoms with Crippen molar-refractivity contribution in [3.63, 3.8) is 0 Å². The lowest BCUT2D eigenvalue weighted by Gasteiger charge is -2.10. The number of hydrogen-bond acceptors (Lipinski definition) is 3. The van der Waals surface area contributed by atoms with Crippen molar-refractivity contribution in [1.29, 1.82) is 0 Å². The van der Waals surface area contributed by atoms with Crippen LogP contribution >= 0.6 is 0 Å². The van der Waals surface area contributed by atoms with Gasteiger partial charge in [0, 0.05) is 29.9 Å². The van der Waals surface area contributed by atoms with Crippen molar-refractivity contribution in [1.82, 2.24) is 0 Å². The fraction of sp³-hybridized carbons (Fsp3) is 0.0909. The van der Waals surface area contributed by atoms with E-state index >= 15 is 0 Å². The number of rotatable bonds is 6. The predicted octanol–water partition coefficient (Wildman–Crippen LogP) is 4.62. The molecule has 0 aromatic heterocycles. The van der Waals surface area contributed by atoms with Crippen LogP contribution in [0.4, 0.5) is 15.8 Å². The van der Waals surface area contributed by atoms with E-state index in [2.05, 4.69) is 10.6 Å². The molecule has 2 N–H and O–H groups in total. The summed E-state index contributed by atoms with van der Waals surface area (Å²) in [5, 5.41) is 5.46. The van der Waals surface area contributed by atoms with Crippen LogP contribution in [0.5, 0.6) is 5.75 Å². The van der Waals surface area contributed by atoms with Crippen LogP contribution in [0.2, 0.25) is 0 Å². The van der Waals surface area contributed by atoms with Crippen LogP contribution in [0.25, 0.3) is 0 Å². The molecule has 0 heterocycles. The van der Waals surface area contributed by atoms with E-state index in [4.69, 9.17) is 4.74 Å². The first-order valence-electron chi connectivity index (χ1n) is 8.66. The van der Waals surface area contributed by atoms with Gasteiger partial charge in [0.25, 0.3) is 5.91 Å². The van der Waals surface area contributed by atoms with Gasteiger partial charge in [-0.05, 0) is 54.1 Å². The summed E-state index contributed by atoms with van der Waals surface area (Å²) in [4.78, 5) is 23.4. The zero-order valence-corrected chi connectivity index (χ0v) is 15.2. The van der Waals surface area contributed by atoms with Crippen molar-refractivity contribution in [2.75, 3.05) is 10.6 Å². The smallest absolute Gasteiger partial charge is 0.255 e. The Morgan fingerprint density at radius 1 is 0.893 bits per heavy atom. The molecule has 0 unspecified atom stereocenters. The second-order valence-corrected chi connectivity index (χ2v) is 6.16. The standard InChI is InChI=1S/C22H19FN2O3/c1-15(26)24-19-11-7-17(8-12-19)22(27)25-20-3-2-4-21(13-20)28-14-16-5-9-18(23)10-6-16/h2-13H,14H2,1H3,(H,24,26)(H,25,27). The van der Waals surface area contributed by atoms with Crippen LogP contribution in [0.15, 0.2) is 72.8 Å². The molecule has 0 saturated heterocycles. The molecule has 6 heteroatoms. The van der Waals surface area contributed by atoms with Gasteiger partial charge in [-0.1, -0.05) is 18.2 Å². The molecule has 0 bridgehead atoms. The molecule has 0 spiro atoms. The van der Waals surface area contributed by atoms with E-state index < -0.39 is 0 Å². The third kappa shape index (κ3) is 5.41. The van der Waals surface area contributed by atoms with Crippen molar-refractivity contribution in [3.05, 3.63) is 89.7 Å². The highest BCUT2D eigenvalue weighted by Gasteiger charge is 2.07. The van der Waals surface area contributed by atoms with Crippen molar-refractivity contribution in [2.24, 2.45) is 0 Å². The van der Waals surface area contributed by atoms with Gasteiger partial charge in [-0.2, -0.15) is 0 Å². The van der Waals surface area contributed by atoms with Crippen molar-refractivity contribution >= 4 is 23.2 Å². The number of carbonyl (C=O) groups excluding carboxylic acids is 2. The molecule has 3 rings (SSSR count). The molecular weight excluding hydrogens is 359 g/mol. The summed E-state index contributed by atoms with van der Waals surface area (Å²) in [5.41, 5.74) is 2.52. The zero-order chi connectivity index (χ0) is 19.9. The Bertz CT molecular complexity index is 970. The number of carbonyl (C=O) groups is 2. The fourth-order valence-electron chi connectivity index (χ4n) is 2.52. The zero-order valence-electron chi connectivity index (χ0n) is 15.2. The molecule has 28 heavy (non-hydrogen) atoms. The average Bonchev–Trinajstić information content (AvgIpc) is 2.68. The number of hydrogen-bond donors (Lipinski definition) is 2. The first kappa shape index (κ1) is 19.1. The Labute approximate surface area is 162 Å². The maximum atomic E-state index is 12.9. The Morgan fingerprint density at radius 2 is 1.61 bits per heavy atom. The third-order valence-electron chi connectivity index (χ3n) is 3.88. The van der Waals surface area contributed by atoms with E-state index in [1.165, 1.54) is 19.1 Å². The summed E-state index contributed by atoms with van der Waals surface area (Å²) in [6, 6.07) is 19.7. The first-order chi connectivity index (χ1) is 13.5. The molecule has 0 aliphatic carbocycles. The summed E-state index contributed by atoms with van der Waals surface area (Å²) >= 11 is 0. The highest BCUT2D eigenvalue weighted by molar-refractivity contribution is 6.04. The van der Waals surface area contributed by atoms with Gasteiger partial charge in [0.1, 0.15) is 18.2 Å². The Kier molecular flexibility index (Phi) is 6.01. The second kappa shape index (κ2) is 8.81. The SMILES string of the molecule is CC(=O)Nc1ccc(C(=O)Nc2cccc(OCc3ccc(F)cc3)c2)cc1. The quantitative estimate of drug-likeness (QED) is 0.658. The Morgan fingerprint density at radius 3 is 2.29 bits per heavy atom. The number of halogens is 1. The molecular formula is C22H19FN2O3. The van der Waals surface area contributed by atoms with Gasteiger partial charge in [0.15, 0.2) is 0 Å². The lowest BCUT2D eigenvalue weighted by molar-refractivity contribution is -0.114. The van der Waals surface area contributed by atoms with Crippen LogP contribution in [0.3, 0.4) is 0 Å². The van der Waals surface area contributed by atoms with Gasteiger partial charge >= 0.3 is 0 Å². The lowest BCUT2D eigenvalue weighted by Crippen LogP contribution is -2.12. The lowest BCUT2D eigenvalue weighted by atomic mass is 10.2. The van der Waals surface area contributed by atoms with Crippen LogP contribution in [-0.4, -0.2) is 11.8 Å². The molecule has 0 radical (unpaired) electrons. The molecule has 0 aliphatic heterocycles. The highest BCUT2D eigenvalue weighted by Crippen LogP contribution is 2.20. The predicted molar refractivity (Wildman–Crippen MR) is 106 cm³/mol. The second-order valence-electron chi connectivity index (χ2n) is 6.16. The van der Waals surface area contributed by atoms with Crippen LogP contribution in [0, 0.1) is 5.82 Å². The molecule has 142 valence electrons. The monoisotopic (exact) mass is 378 g/mol. The molecule has 0 saturated carbocycles. The van der Waals surface area contributed by atoms with E-state index in [1.807, 2.05) is 0 Å². The van der Waals surface area contributed by atoms with E-state index in [-0.39, 0.29) is 17.6 Å². The molecule has 0 aliphatic rings. The summed E-state index contributed by atoms with van der Waals surface area (Å²) < 4.78 is 18.6. The van der Waals surface area contributed by atoms with Gasteiger partial charge in [0.2, 0.25) is 5.91 Å². The van der Waals surface area contributed by atoms with Crippen molar-refractivity contribution < 1.29 is 18.7 Å². The first-order valence-corrected chi connectivity index (χ1v) is 8.66.